The maximum absolute atomic E-state index is 13.4. The number of carbonyl (C=O) groups is 6. The highest BCUT2D eigenvalue weighted by Crippen LogP contribution is 2.64. The topological polar surface area (TPSA) is 229 Å². The number of alkyl halides is 4. The van der Waals surface area contributed by atoms with Crippen LogP contribution < -0.4 is 42.4 Å². The minimum absolute atomic E-state index is 0.0287. The fourth-order valence-corrected chi connectivity index (χ4v) is 28.5. The van der Waals surface area contributed by atoms with Gasteiger partial charge in [0, 0.05) is 198 Å². The molecule has 16 fully saturated rings. The number of benzene rings is 4. The highest BCUT2D eigenvalue weighted by atomic mass is 127. The molecule has 121 heavy (non-hydrogen) atoms. The van der Waals surface area contributed by atoms with E-state index in [-0.39, 0.29) is 90.7 Å². The normalized spacial score (nSPS) is 31.1. The van der Waals surface area contributed by atoms with Crippen LogP contribution in [0.3, 0.4) is 0 Å². The van der Waals surface area contributed by atoms with Crippen molar-refractivity contribution < 1.29 is 133 Å². The number of esters is 5. The van der Waals surface area contributed by atoms with Crippen molar-refractivity contribution in [3.05, 3.63) is 136 Å². The number of ether oxygens (including phenoxy) is 5. The van der Waals surface area contributed by atoms with Gasteiger partial charge in [-0.15, -0.1) is 0 Å². The van der Waals surface area contributed by atoms with E-state index in [2.05, 4.69) is 121 Å². The van der Waals surface area contributed by atoms with Crippen molar-refractivity contribution in [3.8, 4) is 0 Å². The number of carboxylic acid groups (broad SMARTS) is 1. The van der Waals surface area contributed by atoms with Gasteiger partial charge in [-0.25, -0.2) is 19.2 Å². The van der Waals surface area contributed by atoms with E-state index in [1.54, 1.807) is 0 Å². The standard InChI is InChI=1S/C26H34F2O7.C23H32O6.2C12H10I.C3H4F2O2.B24/c1-23(27,28)21(30)34-20-17-3-14-4-18(20)11-24(5-14,10-17)22(31)33-12-19(29)35-26-8-15-2-16(9-26)7-25(32,6-15)13-26;24-18(29-23-7-14-1-15(8-23)6-22(27,5-14)12-23)11-28-20(26)21-4-13-2-16(9-21)19(25)17(3-13)10-21;2*1-3-7-11(8-4-1)13-12-9-5-2-6-10-12;1-3(4,5)2(6)7;1-14(2)20(13)23(19(11)12)24(21(15(3)4)16(5)6)22(17(7)8)18(9)10/h14-18,20,32H,2-13H2,1H3;13-17,19,25,27H,1-12H2;2*1-10H;1H3,(H,6,7);/q;;2*+1;;. The van der Waals surface area contributed by atoms with E-state index in [0.29, 0.717) is 88.4 Å². The molecule has 0 saturated heterocycles. The van der Waals surface area contributed by atoms with Crippen LogP contribution in [0, 0.1) is 84.3 Å². The summed E-state index contributed by atoms with van der Waals surface area (Å²) in [5.74, 6) is -10.0. The summed E-state index contributed by atoms with van der Waals surface area (Å²) in [4.78, 5) is 72.6. The molecule has 16 aliphatic carbocycles. The van der Waals surface area contributed by atoms with E-state index >= 15 is 0 Å². The first kappa shape index (κ1) is 97.9. The summed E-state index contributed by atoms with van der Waals surface area (Å²) in [6, 6.07) is 42.8. The molecular formula is C76H90B24F4I2O15+2. The number of carboxylic acids is 1. The molecule has 26 radical (unpaired) electrons. The lowest BCUT2D eigenvalue weighted by molar-refractivity contribution is -0.597. The molecule has 0 spiro atoms. The minimum atomic E-state index is -3.58. The van der Waals surface area contributed by atoms with Gasteiger partial charge < -0.3 is 44.1 Å². The number of hydrogen-bond donors (Lipinski definition) is 4. The van der Waals surface area contributed by atoms with Crippen molar-refractivity contribution in [2.45, 2.75) is 202 Å². The van der Waals surface area contributed by atoms with Crippen LogP contribution in [-0.4, -0.2) is 287 Å². The van der Waals surface area contributed by atoms with Gasteiger partial charge >= 0.3 is 90.1 Å². The average molecular weight is 1830 g/mol. The van der Waals surface area contributed by atoms with Crippen molar-refractivity contribution >= 4 is 207 Å². The smallest absolute Gasteiger partial charge is 0.376 e. The summed E-state index contributed by atoms with van der Waals surface area (Å²) in [6.07, 6.45) is 6.37. The van der Waals surface area contributed by atoms with E-state index in [4.69, 9.17) is 129 Å². The third-order valence-corrected chi connectivity index (χ3v) is 32.7. The Morgan fingerprint density at radius 1 is 0.405 bits per heavy atom. The Labute approximate surface area is 753 Å². The maximum Gasteiger partial charge on any atom is 0.376 e. The van der Waals surface area contributed by atoms with Crippen LogP contribution in [0.1, 0.15) is 155 Å². The molecule has 0 aliphatic heterocycles. The lowest BCUT2D eigenvalue weighted by Crippen LogP contribution is -3.61. The molecular weight excluding hydrogens is 1740 g/mol. The molecule has 8 atom stereocenters. The number of aliphatic hydroxyl groups is 3. The summed E-state index contributed by atoms with van der Waals surface area (Å²) < 4.78 is 83.2. The zero-order valence-corrected chi connectivity index (χ0v) is 73.2. The molecule has 4 aromatic carbocycles. The second-order valence-electron chi connectivity index (χ2n) is 37.5. The van der Waals surface area contributed by atoms with E-state index in [1.165, 1.54) is 14.3 Å². The fraction of sp³-hybridized carbons (Fsp3) is 0.605. The Morgan fingerprint density at radius 3 is 0.975 bits per heavy atom. The van der Waals surface area contributed by atoms with Crippen molar-refractivity contribution in [1.82, 2.24) is 0 Å². The Bertz CT molecular complexity index is 3910. The molecule has 0 heterocycles. The summed E-state index contributed by atoms with van der Waals surface area (Å²) in [7, 11) is 76.2. The van der Waals surface area contributed by atoms with Gasteiger partial charge in [-0.2, -0.15) is 17.6 Å². The first-order valence-corrected chi connectivity index (χ1v) is 46.6. The van der Waals surface area contributed by atoms with Gasteiger partial charge in [0.2, 0.25) is 0 Å². The van der Waals surface area contributed by atoms with E-state index in [9.17, 15) is 61.6 Å². The van der Waals surface area contributed by atoms with Crippen LogP contribution in [0.2, 0.25) is 0 Å². The van der Waals surface area contributed by atoms with Crippen LogP contribution in [-0.2, 0) is 52.5 Å². The Kier molecular flexibility index (Phi) is 33.2. The number of halogens is 6. The molecule has 0 aromatic heterocycles. The van der Waals surface area contributed by atoms with Gasteiger partial charge in [0.05, 0.1) is 28.1 Å². The van der Waals surface area contributed by atoms with Gasteiger partial charge in [0.1, 0.15) is 17.3 Å². The van der Waals surface area contributed by atoms with Crippen LogP contribution in [0.5, 0.6) is 0 Å². The maximum atomic E-state index is 13.4. The zero-order valence-electron chi connectivity index (χ0n) is 68.8. The van der Waals surface area contributed by atoms with Gasteiger partial charge in [0.15, 0.2) is 27.5 Å². The second-order valence-corrected chi connectivity index (χ2v) is 43.6. The molecule has 45 heteroatoms. The van der Waals surface area contributed by atoms with Crippen molar-refractivity contribution in [3.63, 3.8) is 0 Å². The molecule has 16 bridgehead atoms. The SMILES string of the molecule is CC(F)(F)C(=O)O.CC(F)(F)C(=O)OC1C2CC3CC1CC(C(=O)OCC(=O)OC14CC5CC(CC(O)(C5)C1)C4)(C3)C2.O=C(COC(=O)C12CC3CC(C1)C(O)C(C3)C2)OC12CC3CC(CC(O)(C3)C1)C2.[B]B([B])B([B])B(B([B])[B])B(B(B([B])[B])B([B])[B])B(B([B])[B])B([B])[B].c1ccc([I+]c2ccccc2)cc1.c1ccc([I+]c2ccccc2)cc1. The third-order valence-electron chi connectivity index (χ3n) is 27.3. The van der Waals surface area contributed by atoms with Crippen molar-refractivity contribution in [2.24, 2.45) is 70.0 Å². The van der Waals surface area contributed by atoms with E-state index in [0.717, 1.165) is 96.3 Å². The first-order chi connectivity index (χ1) is 56.8. The lowest BCUT2D eigenvalue weighted by atomic mass is 8.35. The second kappa shape index (κ2) is 41.0. The predicted octanol–water partition coefficient (Wildman–Crippen LogP) is -2.89. The molecule has 15 nitrogen and oxygen atoms in total. The number of hydrogen-bond acceptors (Lipinski definition) is 14. The van der Waals surface area contributed by atoms with Crippen LogP contribution in [0.15, 0.2) is 121 Å². The Balaban J connectivity index is 0.000000151. The average Bonchev–Trinajstić information content (AvgIpc) is 0.747. The van der Waals surface area contributed by atoms with Crippen LogP contribution >= 0.6 is 0 Å². The predicted molar refractivity (Wildman–Crippen MR) is 474 cm³/mol. The van der Waals surface area contributed by atoms with Crippen molar-refractivity contribution in [2.75, 3.05) is 13.2 Å². The Morgan fingerprint density at radius 2 is 0.702 bits per heavy atom. The Hall–Kier alpha value is -3.68. The van der Waals surface area contributed by atoms with Gasteiger partial charge in [-0.05, 0) is 236 Å². The molecule has 596 valence electrons. The van der Waals surface area contributed by atoms with Crippen molar-refractivity contribution in [1.29, 1.82) is 0 Å². The summed E-state index contributed by atoms with van der Waals surface area (Å²) >= 11 is 0.0574. The monoisotopic (exact) mass is 1840 g/mol. The highest BCUT2D eigenvalue weighted by Gasteiger charge is 2.65. The summed E-state index contributed by atoms with van der Waals surface area (Å²) in [5.41, 5.74) is -3.91. The molecule has 4 aromatic rings. The minimum Gasteiger partial charge on any atom is -0.477 e. The number of aliphatic carboxylic acids is 1. The molecule has 16 saturated carbocycles. The molecule has 8 unspecified atom stereocenters. The summed E-state index contributed by atoms with van der Waals surface area (Å²) in [6.45, 7) is 0.0672. The third kappa shape index (κ3) is 25.1. The molecule has 20 rings (SSSR count). The van der Waals surface area contributed by atoms with E-state index < -0.39 is 158 Å². The van der Waals surface area contributed by atoms with E-state index in [1.807, 2.05) is 0 Å². The lowest BCUT2D eigenvalue weighted by Gasteiger charge is -2.59. The summed E-state index contributed by atoms with van der Waals surface area (Å²) in [5, 5.41) is 39.6. The first-order valence-electron chi connectivity index (χ1n) is 42.2. The zero-order chi connectivity index (χ0) is 88.1. The number of aliphatic hydroxyl groups excluding tert-OH is 1. The fourth-order valence-electron chi connectivity index (χ4n) is 24.0. The molecule has 0 amide bonds. The van der Waals surface area contributed by atoms with Crippen LogP contribution in [0.25, 0.3) is 0 Å². The molecule has 16 aliphatic rings. The van der Waals surface area contributed by atoms with Gasteiger partial charge in [-0.3, -0.25) is 9.59 Å². The van der Waals surface area contributed by atoms with Gasteiger partial charge in [-0.1, -0.05) is 72.8 Å². The van der Waals surface area contributed by atoms with Gasteiger partial charge in [0.25, 0.3) is 0 Å². The largest absolute Gasteiger partial charge is 0.477 e. The van der Waals surface area contributed by atoms with Crippen LogP contribution in [0.4, 0.5) is 17.6 Å². The molecule has 4 N–H and O–H groups in total. The quantitative estimate of drug-likeness (QED) is 0.0172. The number of carbonyl (C=O) groups excluding carboxylic acids is 5. The highest BCUT2D eigenvalue weighted by molar-refractivity contribution is 8.23. The number of rotatable bonds is 25.